The minimum Gasteiger partial charge on any atom is -0.399 e. The molecule has 0 aromatic heterocycles. The Morgan fingerprint density at radius 1 is 1.10 bits per heavy atom. The maximum atomic E-state index is 12.6. The summed E-state index contributed by atoms with van der Waals surface area (Å²) in [5.74, 6) is -0.152. The summed E-state index contributed by atoms with van der Waals surface area (Å²) in [7, 11) is 0. The molecule has 0 unspecified atom stereocenters. The molecular formula is C15H12Cl2N2O. The number of carbonyl (C=O) groups excluding carboxylic acids is 1. The third-order valence-electron chi connectivity index (χ3n) is 3.41. The van der Waals surface area contributed by atoms with E-state index in [9.17, 15) is 4.79 Å². The molecule has 0 aliphatic carbocycles. The first-order valence-electron chi connectivity index (χ1n) is 6.17. The summed E-state index contributed by atoms with van der Waals surface area (Å²) in [5.41, 5.74) is 8.84. The molecule has 0 atom stereocenters. The third-order valence-corrected chi connectivity index (χ3v) is 4.21. The lowest BCUT2D eigenvalue weighted by Crippen LogP contribution is -2.25. The molecule has 0 bridgehead atoms. The molecule has 1 amide bonds. The van der Waals surface area contributed by atoms with Gasteiger partial charge in [-0.2, -0.15) is 0 Å². The fourth-order valence-electron chi connectivity index (χ4n) is 2.41. The first-order chi connectivity index (χ1) is 9.56. The Kier molecular flexibility index (Phi) is 3.32. The molecule has 3 nitrogen and oxygen atoms in total. The van der Waals surface area contributed by atoms with Gasteiger partial charge in [0.1, 0.15) is 0 Å². The Morgan fingerprint density at radius 2 is 1.70 bits per heavy atom. The van der Waals surface area contributed by atoms with Crippen LogP contribution in [0.4, 0.5) is 5.69 Å². The summed E-state index contributed by atoms with van der Waals surface area (Å²) in [4.78, 5) is 14.3. The van der Waals surface area contributed by atoms with Gasteiger partial charge in [-0.1, -0.05) is 47.5 Å². The van der Waals surface area contributed by atoms with Gasteiger partial charge in [0.15, 0.2) is 0 Å². The van der Waals surface area contributed by atoms with Crippen molar-refractivity contribution in [3.8, 4) is 0 Å². The van der Waals surface area contributed by atoms with E-state index in [0.29, 0.717) is 29.4 Å². The van der Waals surface area contributed by atoms with Crippen LogP contribution in [0.2, 0.25) is 10.0 Å². The van der Waals surface area contributed by atoms with E-state index in [1.165, 1.54) is 0 Å². The summed E-state index contributed by atoms with van der Waals surface area (Å²) in [6, 6.07) is 11.1. The van der Waals surface area contributed by atoms with Crippen LogP contribution in [0.5, 0.6) is 0 Å². The largest absolute Gasteiger partial charge is 0.399 e. The van der Waals surface area contributed by atoms with Gasteiger partial charge >= 0.3 is 0 Å². The van der Waals surface area contributed by atoms with Gasteiger partial charge in [0.2, 0.25) is 0 Å². The van der Waals surface area contributed by atoms with E-state index in [0.717, 1.165) is 11.1 Å². The number of fused-ring (bicyclic) bond motifs is 1. The molecule has 20 heavy (non-hydrogen) atoms. The van der Waals surface area contributed by atoms with E-state index >= 15 is 0 Å². The van der Waals surface area contributed by atoms with E-state index in [1.54, 1.807) is 17.0 Å². The molecule has 3 rings (SSSR count). The molecule has 2 aromatic rings. The third kappa shape index (κ3) is 2.23. The first kappa shape index (κ1) is 13.3. The Labute approximate surface area is 126 Å². The zero-order valence-corrected chi connectivity index (χ0v) is 12.1. The topological polar surface area (TPSA) is 46.3 Å². The van der Waals surface area contributed by atoms with Gasteiger partial charge in [-0.25, -0.2) is 0 Å². The van der Waals surface area contributed by atoms with Gasteiger partial charge in [0.25, 0.3) is 5.91 Å². The maximum absolute atomic E-state index is 12.6. The fourth-order valence-corrected chi connectivity index (χ4v) is 2.83. The van der Waals surface area contributed by atoms with Crippen LogP contribution >= 0.6 is 23.2 Å². The molecule has 0 fully saturated rings. The van der Waals surface area contributed by atoms with Crippen molar-refractivity contribution in [2.75, 3.05) is 5.73 Å². The van der Waals surface area contributed by atoms with Crippen molar-refractivity contribution in [3.63, 3.8) is 0 Å². The average molecular weight is 307 g/mol. The highest BCUT2D eigenvalue weighted by Gasteiger charge is 2.26. The van der Waals surface area contributed by atoms with Crippen LogP contribution < -0.4 is 5.73 Å². The number of nitrogens with two attached hydrogens (primary N) is 1. The summed E-state index contributed by atoms with van der Waals surface area (Å²) < 4.78 is 0. The van der Waals surface area contributed by atoms with Crippen molar-refractivity contribution in [1.82, 2.24) is 4.90 Å². The van der Waals surface area contributed by atoms with E-state index in [2.05, 4.69) is 0 Å². The van der Waals surface area contributed by atoms with Gasteiger partial charge in [-0.05, 0) is 23.3 Å². The van der Waals surface area contributed by atoms with Crippen LogP contribution in [0.1, 0.15) is 21.5 Å². The zero-order valence-electron chi connectivity index (χ0n) is 10.6. The van der Waals surface area contributed by atoms with Gasteiger partial charge < -0.3 is 10.6 Å². The molecule has 1 heterocycles. The quantitative estimate of drug-likeness (QED) is 0.816. The molecule has 5 heteroatoms. The first-order valence-corrected chi connectivity index (χ1v) is 6.92. The van der Waals surface area contributed by atoms with E-state index in [4.69, 9.17) is 28.9 Å². The highest BCUT2D eigenvalue weighted by atomic mass is 35.5. The molecular weight excluding hydrogens is 295 g/mol. The van der Waals surface area contributed by atoms with Crippen molar-refractivity contribution in [1.29, 1.82) is 0 Å². The highest BCUT2D eigenvalue weighted by molar-refractivity contribution is 6.44. The van der Waals surface area contributed by atoms with Gasteiger partial charge in [0, 0.05) is 18.8 Å². The number of hydrogen-bond donors (Lipinski definition) is 1. The number of benzene rings is 2. The van der Waals surface area contributed by atoms with Crippen LogP contribution in [-0.4, -0.2) is 10.8 Å². The minimum atomic E-state index is -0.152. The number of amides is 1. The summed E-state index contributed by atoms with van der Waals surface area (Å²) in [6.07, 6.45) is 0. The molecule has 0 spiro atoms. The standard InChI is InChI=1S/C15H12Cl2N2O/c16-13-6-11(18)5-12(14(13)17)15(20)19-7-9-3-1-2-4-10(9)8-19/h1-6H,7-8,18H2. The van der Waals surface area contributed by atoms with Gasteiger partial charge in [0.05, 0.1) is 15.6 Å². The Bertz CT molecular complexity index is 675. The van der Waals surface area contributed by atoms with Crippen molar-refractivity contribution >= 4 is 34.8 Å². The van der Waals surface area contributed by atoms with E-state index < -0.39 is 0 Å². The monoisotopic (exact) mass is 306 g/mol. The lowest BCUT2D eigenvalue weighted by atomic mass is 10.1. The van der Waals surface area contributed by atoms with Gasteiger partial charge in [-0.3, -0.25) is 4.79 Å². The Balaban J connectivity index is 1.92. The molecule has 0 saturated carbocycles. The fraction of sp³-hybridized carbons (Fsp3) is 0.133. The van der Waals surface area contributed by atoms with Crippen LogP contribution in [0.3, 0.4) is 0 Å². The lowest BCUT2D eigenvalue weighted by molar-refractivity contribution is 0.0751. The molecule has 0 radical (unpaired) electrons. The second kappa shape index (κ2) is 5.00. The van der Waals surface area contributed by atoms with Crippen molar-refractivity contribution < 1.29 is 4.79 Å². The molecule has 2 N–H and O–H groups in total. The lowest BCUT2D eigenvalue weighted by Gasteiger charge is -2.17. The number of hydrogen-bond acceptors (Lipinski definition) is 2. The minimum absolute atomic E-state index is 0.152. The second-order valence-electron chi connectivity index (χ2n) is 4.79. The van der Waals surface area contributed by atoms with Crippen LogP contribution in [0.15, 0.2) is 36.4 Å². The zero-order chi connectivity index (χ0) is 14.3. The Morgan fingerprint density at radius 3 is 2.30 bits per heavy atom. The number of nitrogen functional groups attached to an aromatic ring is 1. The van der Waals surface area contributed by atoms with Crippen molar-refractivity contribution in [3.05, 3.63) is 63.1 Å². The summed E-state index contributed by atoms with van der Waals surface area (Å²) in [5, 5.41) is 0.550. The molecule has 1 aliphatic rings. The second-order valence-corrected chi connectivity index (χ2v) is 5.58. The van der Waals surface area contributed by atoms with Crippen molar-refractivity contribution in [2.24, 2.45) is 0 Å². The van der Waals surface area contributed by atoms with Crippen LogP contribution in [0, 0.1) is 0 Å². The number of rotatable bonds is 1. The Hall–Kier alpha value is -1.71. The predicted molar refractivity (Wildman–Crippen MR) is 80.9 cm³/mol. The van der Waals surface area contributed by atoms with E-state index in [-0.39, 0.29) is 10.9 Å². The SMILES string of the molecule is Nc1cc(Cl)c(Cl)c(C(=O)N2Cc3ccccc3C2)c1. The van der Waals surface area contributed by atoms with E-state index in [1.807, 2.05) is 24.3 Å². The van der Waals surface area contributed by atoms with Crippen LogP contribution in [-0.2, 0) is 13.1 Å². The van der Waals surface area contributed by atoms with Gasteiger partial charge in [-0.15, -0.1) is 0 Å². The number of anilines is 1. The molecule has 0 saturated heterocycles. The average Bonchev–Trinajstić information content (AvgIpc) is 2.86. The maximum Gasteiger partial charge on any atom is 0.256 e. The number of halogens is 2. The normalized spacial score (nSPS) is 13.4. The smallest absolute Gasteiger partial charge is 0.256 e. The van der Waals surface area contributed by atoms with Crippen molar-refractivity contribution in [2.45, 2.75) is 13.1 Å². The molecule has 1 aliphatic heterocycles. The summed E-state index contributed by atoms with van der Waals surface area (Å²) >= 11 is 12.1. The number of carbonyl (C=O) groups is 1. The molecule has 2 aromatic carbocycles. The predicted octanol–water partition coefficient (Wildman–Crippen LogP) is 3.73. The van der Waals surface area contributed by atoms with Crippen LogP contribution in [0.25, 0.3) is 0 Å². The number of nitrogens with zero attached hydrogens (tertiary/aromatic N) is 1. The molecule has 102 valence electrons. The summed E-state index contributed by atoms with van der Waals surface area (Å²) in [6.45, 7) is 1.16. The highest BCUT2D eigenvalue weighted by Crippen LogP contribution is 2.31.